The largest absolute Gasteiger partial charge is 0.394 e. The van der Waals surface area contributed by atoms with Gasteiger partial charge in [0.05, 0.1) is 30.5 Å². The molecule has 5 nitrogen and oxygen atoms in total. The van der Waals surface area contributed by atoms with Crippen molar-refractivity contribution >= 4 is 0 Å². The summed E-state index contributed by atoms with van der Waals surface area (Å²) in [6.45, 7) is 2.03. The van der Waals surface area contributed by atoms with E-state index in [1.165, 1.54) is 23.0 Å². The summed E-state index contributed by atoms with van der Waals surface area (Å²) in [6, 6.07) is 14.6. The Morgan fingerprint density at radius 1 is 1.00 bits per heavy atom. The van der Waals surface area contributed by atoms with Crippen LogP contribution in [0, 0.1) is 18.8 Å². The van der Waals surface area contributed by atoms with E-state index in [4.69, 9.17) is 4.74 Å². The highest BCUT2D eigenvalue weighted by atomic mass is 16.5. The molecule has 0 radical (unpaired) electrons. The van der Waals surface area contributed by atoms with Gasteiger partial charge >= 0.3 is 0 Å². The monoisotopic (exact) mass is 414 g/mol. The van der Waals surface area contributed by atoms with E-state index >= 15 is 0 Å². The van der Waals surface area contributed by atoms with Gasteiger partial charge in [0.2, 0.25) is 0 Å². The third-order valence-electron chi connectivity index (χ3n) is 5.59. The Morgan fingerprint density at radius 3 is 2.48 bits per heavy atom. The Bertz CT molecular complexity index is 1070. The van der Waals surface area contributed by atoms with Crippen molar-refractivity contribution < 1.29 is 14.9 Å². The summed E-state index contributed by atoms with van der Waals surface area (Å²) in [4.78, 5) is 7.94. The second kappa shape index (κ2) is 9.84. The zero-order valence-corrected chi connectivity index (χ0v) is 17.5. The molecule has 0 spiro atoms. The highest BCUT2D eigenvalue weighted by Gasteiger charge is 2.29. The molecule has 2 aromatic carbocycles. The average Bonchev–Trinajstić information content (AvgIpc) is 2.80. The Kier molecular flexibility index (Phi) is 6.73. The molecule has 0 saturated carbocycles. The summed E-state index contributed by atoms with van der Waals surface area (Å²) < 4.78 is 5.98. The molecule has 1 aliphatic rings. The second-order valence-corrected chi connectivity index (χ2v) is 7.99. The third-order valence-corrected chi connectivity index (χ3v) is 5.59. The summed E-state index contributed by atoms with van der Waals surface area (Å²) in [6.07, 6.45) is 5.77. The van der Waals surface area contributed by atoms with Crippen LogP contribution >= 0.6 is 0 Å². The number of hydrogen-bond donors (Lipinski definition) is 2. The van der Waals surface area contributed by atoms with Crippen molar-refractivity contribution in [2.45, 2.75) is 44.5 Å². The molecule has 158 valence electrons. The Hall–Kier alpha value is -3.04. The van der Waals surface area contributed by atoms with Crippen LogP contribution in [-0.2, 0) is 11.2 Å². The predicted molar refractivity (Wildman–Crippen MR) is 118 cm³/mol. The standard InChI is InChI=1S/C26H26N2O3/c1-18-2-9-22(26-13-24(30)12-25(16-29)31-26)11-23(18)10-20-6-3-19(4-7-20)5-8-21-14-27-17-28-15-21/h2-4,6-7,9,11,14-15,17,24-26,29-30H,10,12-13,16H2,1H3. The summed E-state index contributed by atoms with van der Waals surface area (Å²) in [5, 5.41) is 19.6. The molecule has 1 saturated heterocycles. The number of aliphatic hydroxyl groups is 2. The molecule has 4 rings (SSSR count). The SMILES string of the molecule is Cc1ccc(C2CC(O)CC(CO)O2)cc1Cc1ccc(C#Cc2cncnc2)cc1. The van der Waals surface area contributed by atoms with Gasteiger partial charge in [0.1, 0.15) is 6.33 Å². The van der Waals surface area contributed by atoms with E-state index < -0.39 is 6.10 Å². The molecule has 31 heavy (non-hydrogen) atoms. The van der Waals surface area contributed by atoms with E-state index in [9.17, 15) is 10.2 Å². The van der Waals surface area contributed by atoms with E-state index in [0.717, 1.165) is 23.1 Å². The van der Waals surface area contributed by atoms with Crippen LogP contribution in [0.2, 0.25) is 0 Å². The van der Waals surface area contributed by atoms with Crippen molar-refractivity contribution in [2.75, 3.05) is 6.61 Å². The predicted octanol–water partition coefficient (Wildman–Crippen LogP) is 3.35. The van der Waals surface area contributed by atoms with Gasteiger partial charge in [0.15, 0.2) is 0 Å². The van der Waals surface area contributed by atoms with Crippen molar-refractivity contribution in [2.24, 2.45) is 0 Å². The Balaban J connectivity index is 1.48. The molecule has 1 fully saturated rings. The van der Waals surface area contributed by atoms with Crippen LogP contribution in [0.4, 0.5) is 0 Å². The minimum Gasteiger partial charge on any atom is -0.394 e. The van der Waals surface area contributed by atoms with Crippen LogP contribution in [0.25, 0.3) is 0 Å². The van der Waals surface area contributed by atoms with Crippen molar-refractivity contribution in [1.29, 1.82) is 0 Å². The summed E-state index contributed by atoms with van der Waals surface area (Å²) in [5.41, 5.74) is 6.42. The maximum Gasteiger partial charge on any atom is 0.115 e. The maximum absolute atomic E-state index is 10.1. The first kappa shape index (κ1) is 21.2. The molecular formula is C26H26N2O3. The van der Waals surface area contributed by atoms with Crippen molar-refractivity contribution in [3.8, 4) is 11.8 Å². The fourth-order valence-corrected chi connectivity index (χ4v) is 3.84. The van der Waals surface area contributed by atoms with Gasteiger partial charge < -0.3 is 14.9 Å². The Morgan fingerprint density at radius 2 is 1.74 bits per heavy atom. The lowest BCUT2D eigenvalue weighted by Crippen LogP contribution is -2.33. The van der Waals surface area contributed by atoms with Gasteiger partial charge in [-0.25, -0.2) is 9.97 Å². The third kappa shape index (κ3) is 5.56. The van der Waals surface area contributed by atoms with Gasteiger partial charge in [-0.15, -0.1) is 0 Å². The van der Waals surface area contributed by atoms with Gasteiger partial charge in [0, 0.05) is 30.8 Å². The zero-order chi connectivity index (χ0) is 21.6. The van der Waals surface area contributed by atoms with Crippen LogP contribution in [0.5, 0.6) is 0 Å². The smallest absolute Gasteiger partial charge is 0.115 e. The molecule has 3 aromatic rings. The minimum absolute atomic E-state index is 0.0706. The molecular weight excluding hydrogens is 388 g/mol. The molecule has 5 heteroatoms. The first-order valence-corrected chi connectivity index (χ1v) is 10.5. The lowest BCUT2D eigenvalue weighted by Gasteiger charge is -2.32. The second-order valence-electron chi connectivity index (χ2n) is 7.99. The molecule has 0 amide bonds. The quantitative estimate of drug-likeness (QED) is 0.641. The van der Waals surface area contributed by atoms with Crippen LogP contribution in [0.3, 0.4) is 0 Å². The van der Waals surface area contributed by atoms with E-state index in [-0.39, 0.29) is 18.8 Å². The van der Waals surface area contributed by atoms with Crippen LogP contribution in [0.1, 0.15) is 52.3 Å². The van der Waals surface area contributed by atoms with Gasteiger partial charge in [0.25, 0.3) is 0 Å². The topological polar surface area (TPSA) is 75.5 Å². The first-order chi connectivity index (χ1) is 15.1. The summed E-state index contributed by atoms with van der Waals surface area (Å²) in [7, 11) is 0. The van der Waals surface area contributed by atoms with E-state index in [1.54, 1.807) is 12.4 Å². The molecule has 0 aliphatic carbocycles. The molecule has 1 aliphatic heterocycles. The van der Waals surface area contributed by atoms with Gasteiger partial charge in [-0.2, -0.15) is 0 Å². The number of ether oxygens (including phenoxy) is 1. The number of aliphatic hydroxyl groups excluding tert-OH is 2. The number of hydrogen-bond acceptors (Lipinski definition) is 5. The van der Waals surface area contributed by atoms with E-state index in [1.807, 2.05) is 12.1 Å². The fraction of sp³-hybridized carbons (Fsp3) is 0.308. The number of aromatic nitrogens is 2. The maximum atomic E-state index is 10.1. The van der Waals surface area contributed by atoms with Gasteiger partial charge in [-0.05, 0) is 47.7 Å². The normalized spacial score (nSPS) is 20.7. The summed E-state index contributed by atoms with van der Waals surface area (Å²) >= 11 is 0. The number of aryl methyl sites for hydroxylation is 1. The molecule has 3 unspecified atom stereocenters. The molecule has 1 aromatic heterocycles. The fourth-order valence-electron chi connectivity index (χ4n) is 3.84. The minimum atomic E-state index is -0.447. The highest BCUT2D eigenvalue weighted by Crippen LogP contribution is 2.32. The Labute approximate surface area is 182 Å². The van der Waals surface area contributed by atoms with Crippen molar-refractivity contribution in [3.63, 3.8) is 0 Å². The number of benzene rings is 2. The van der Waals surface area contributed by atoms with Gasteiger partial charge in [-0.3, -0.25) is 0 Å². The lowest BCUT2D eigenvalue weighted by molar-refractivity contribution is -0.113. The first-order valence-electron chi connectivity index (χ1n) is 10.5. The molecule has 2 N–H and O–H groups in total. The summed E-state index contributed by atoms with van der Waals surface area (Å²) in [5.74, 6) is 6.21. The number of nitrogens with zero attached hydrogens (tertiary/aromatic N) is 2. The van der Waals surface area contributed by atoms with Crippen LogP contribution in [-0.4, -0.2) is 39.0 Å². The van der Waals surface area contributed by atoms with E-state index in [0.29, 0.717) is 12.8 Å². The van der Waals surface area contributed by atoms with Crippen LogP contribution in [0.15, 0.2) is 61.2 Å². The average molecular weight is 415 g/mol. The van der Waals surface area contributed by atoms with Crippen molar-refractivity contribution in [3.05, 3.63) is 94.6 Å². The molecule has 0 bridgehead atoms. The van der Waals surface area contributed by atoms with Crippen LogP contribution < -0.4 is 0 Å². The van der Waals surface area contributed by atoms with Gasteiger partial charge in [-0.1, -0.05) is 42.2 Å². The molecule has 2 heterocycles. The number of rotatable bonds is 4. The lowest BCUT2D eigenvalue weighted by atomic mass is 9.92. The zero-order valence-electron chi connectivity index (χ0n) is 17.5. The molecule has 3 atom stereocenters. The van der Waals surface area contributed by atoms with E-state index in [2.05, 4.69) is 59.1 Å². The highest BCUT2D eigenvalue weighted by molar-refractivity contribution is 5.43. The van der Waals surface area contributed by atoms with Crippen molar-refractivity contribution in [1.82, 2.24) is 9.97 Å².